The van der Waals surface area contributed by atoms with Crippen LogP contribution in [0.25, 0.3) is 5.69 Å². The molecule has 0 N–H and O–H groups in total. The van der Waals surface area contributed by atoms with Crippen LogP contribution >= 0.6 is 38.5 Å². The molecule has 0 spiro atoms. The highest BCUT2D eigenvalue weighted by atomic mass is 127. The fourth-order valence-corrected chi connectivity index (χ4v) is 2.08. The number of hydrogen-bond donors (Lipinski definition) is 0. The summed E-state index contributed by atoms with van der Waals surface area (Å²) in [6, 6.07) is 7.61. The van der Waals surface area contributed by atoms with Gasteiger partial charge in [-0.05, 0) is 40.8 Å². The van der Waals surface area contributed by atoms with E-state index >= 15 is 0 Å². The molecule has 0 atom stereocenters. The Kier molecular flexibility index (Phi) is 3.07. The van der Waals surface area contributed by atoms with Crippen LogP contribution in [0, 0.1) is 14.9 Å². The molecule has 0 saturated carbocycles. The zero-order valence-electron chi connectivity index (χ0n) is 7.48. The van der Waals surface area contributed by atoms with E-state index in [0.29, 0.717) is 5.56 Å². The fourth-order valence-electron chi connectivity index (χ4n) is 1.21. The van der Waals surface area contributed by atoms with Crippen LogP contribution in [0.3, 0.4) is 0 Å². The highest BCUT2D eigenvalue weighted by Crippen LogP contribution is 2.18. The maximum absolute atomic E-state index is 8.84. The van der Waals surface area contributed by atoms with E-state index in [2.05, 4.69) is 49.7 Å². The molecular formula is C10H5BrIN3. The van der Waals surface area contributed by atoms with Crippen molar-refractivity contribution >= 4 is 38.5 Å². The topological polar surface area (TPSA) is 41.6 Å². The number of nitriles is 1. The molecule has 0 radical (unpaired) electrons. The zero-order chi connectivity index (χ0) is 10.8. The molecule has 0 unspecified atom stereocenters. The van der Waals surface area contributed by atoms with Gasteiger partial charge in [-0.3, -0.25) is 0 Å². The molecule has 0 aliphatic rings. The molecule has 0 bridgehead atoms. The van der Waals surface area contributed by atoms with Gasteiger partial charge in [0.15, 0.2) is 0 Å². The van der Waals surface area contributed by atoms with Gasteiger partial charge in [-0.15, -0.1) is 0 Å². The van der Waals surface area contributed by atoms with Crippen LogP contribution in [-0.4, -0.2) is 9.78 Å². The molecule has 0 amide bonds. The molecule has 2 aromatic rings. The van der Waals surface area contributed by atoms with Crippen LogP contribution in [0.15, 0.2) is 35.1 Å². The Morgan fingerprint density at radius 1 is 1.40 bits per heavy atom. The molecule has 74 valence electrons. The predicted octanol–water partition coefficient (Wildman–Crippen LogP) is 3.11. The van der Waals surface area contributed by atoms with Crippen LogP contribution in [0.2, 0.25) is 0 Å². The lowest BCUT2D eigenvalue weighted by molar-refractivity contribution is 0.879. The van der Waals surface area contributed by atoms with Gasteiger partial charge < -0.3 is 0 Å². The number of benzene rings is 1. The van der Waals surface area contributed by atoms with Gasteiger partial charge >= 0.3 is 0 Å². The summed E-state index contributed by atoms with van der Waals surface area (Å²) in [5, 5.41) is 13.0. The van der Waals surface area contributed by atoms with E-state index in [-0.39, 0.29) is 0 Å². The number of aromatic nitrogens is 2. The smallest absolute Gasteiger partial charge is 0.0992 e. The van der Waals surface area contributed by atoms with Crippen LogP contribution in [0.1, 0.15) is 5.56 Å². The molecule has 0 aliphatic carbocycles. The van der Waals surface area contributed by atoms with Crippen molar-refractivity contribution in [1.29, 1.82) is 5.26 Å². The maximum atomic E-state index is 8.84. The second kappa shape index (κ2) is 4.33. The van der Waals surface area contributed by atoms with Crippen LogP contribution in [-0.2, 0) is 0 Å². The summed E-state index contributed by atoms with van der Waals surface area (Å²) in [5.74, 6) is 0. The monoisotopic (exact) mass is 373 g/mol. The lowest BCUT2D eigenvalue weighted by Crippen LogP contribution is -1.94. The first-order chi connectivity index (χ1) is 7.19. The Hall–Kier alpha value is -0.870. The number of nitrogens with zero attached hydrogens (tertiary/aromatic N) is 3. The first kappa shape index (κ1) is 10.6. The number of rotatable bonds is 1. The summed E-state index contributed by atoms with van der Waals surface area (Å²) in [4.78, 5) is 0. The third-order valence-corrected chi connectivity index (χ3v) is 2.84. The highest BCUT2D eigenvalue weighted by Gasteiger charge is 2.02. The lowest BCUT2D eigenvalue weighted by Gasteiger charge is -2.02. The first-order valence-corrected chi connectivity index (χ1v) is 5.97. The molecule has 15 heavy (non-hydrogen) atoms. The number of halogens is 2. The molecule has 2 rings (SSSR count). The Morgan fingerprint density at radius 3 is 2.80 bits per heavy atom. The van der Waals surface area contributed by atoms with Crippen molar-refractivity contribution in [1.82, 2.24) is 9.78 Å². The van der Waals surface area contributed by atoms with Gasteiger partial charge in [0.25, 0.3) is 0 Å². The van der Waals surface area contributed by atoms with Crippen LogP contribution in [0.5, 0.6) is 0 Å². The fraction of sp³-hybridized carbons (Fsp3) is 0. The SMILES string of the molecule is N#Cc1cc(Br)cc(-n2cc(I)cn2)c1. The van der Waals surface area contributed by atoms with E-state index < -0.39 is 0 Å². The highest BCUT2D eigenvalue weighted by molar-refractivity contribution is 14.1. The van der Waals surface area contributed by atoms with Gasteiger partial charge in [-0.25, -0.2) is 4.68 Å². The van der Waals surface area contributed by atoms with Gasteiger partial charge in [0.1, 0.15) is 0 Å². The van der Waals surface area contributed by atoms with Gasteiger partial charge in [-0.2, -0.15) is 10.4 Å². The molecule has 1 aromatic heterocycles. The van der Waals surface area contributed by atoms with Crippen molar-refractivity contribution in [2.75, 3.05) is 0 Å². The average Bonchev–Trinajstić information content (AvgIpc) is 2.64. The molecule has 0 aliphatic heterocycles. The van der Waals surface area contributed by atoms with Crippen molar-refractivity contribution < 1.29 is 0 Å². The predicted molar refractivity (Wildman–Crippen MR) is 68.7 cm³/mol. The van der Waals surface area contributed by atoms with E-state index in [9.17, 15) is 0 Å². The molecule has 0 saturated heterocycles. The van der Waals surface area contributed by atoms with E-state index in [0.717, 1.165) is 13.7 Å². The second-order valence-corrected chi connectivity index (χ2v) is 5.07. The lowest BCUT2D eigenvalue weighted by atomic mass is 10.2. The molecular weight excluding hydrogens is 369 g/mol. The van der Waals surface area contributed by atoms with Gasteiger partial charge in [-0.1, -0.05) is 15.9 Å². The minimum Gasteiger partial charge on any atom is -0.240 e. The van der Waals surface area contributed by atoms with Crippen LogP contribution in [0.4, 0.5) is 0 Å². The van der Waals surface area contributed by atoms with Gasteiger partial charge in [0.2, 0.25) is 0 Å². The average molecular weight is 374 g/mol. The van der Waals surface area contributed by atoms with Crippen molar-refractivity contribution in [3.8, 4) is 11.8 Å². The molecule has 0 fully saturated rings. The minimum atomic E-state index is 0.616. The summed E-state index contributed by atoms with van der Waals surface area (Å²) >= 11 is 5.56. The maximum Gasteiger partial charge on any atom is 0.0992 e. The number of hydrogen-bond acceptors (Lipinski definition) is 2. The van der Waals surface area contributed by atoms with E-state index in [1.807, 2.05) is 12.3 Å². The van der Waals surface area contributed by atoms with E-state index in [1.165, 1.54) is 0 Å². The zero-order valence-corrected chi connectivity index (χ0v) is 11.2. The van der Waals surface area contributed by atoms with Crippen LogP contribution < -0.4 is 0 Å². The van der Waals surface area contributed by atoms with E-state index in [4.69, 9.17) is 5.26 Å². The third-order valence-electron chi connectivity index (χ3n) is 1.83. The first-order valence-electron chi connectivity index (χ1n) is 4.10. The summed E-state index contributed by atoms with van der Waals surface area (Å²) in [7, 11) is 0. The standard InChI is InChI=1S/C10H5BrIN3/c11-8-1-7(4-13)2-10(3-8)15-6-9(12)5-14-15/h1-3,5-6H. The van der Waals surface area contributed by atoms with Crippen molar-refractivity contribution in [2.45, 2.75) is 0 Å². The van der Waals surface area contributed by atoms with Crippen molar-refractivity contribution in [3.63, 3.8) is 0 Å². The quantitative estimate of drug-likeness (QED) is 0.721. The Balaban J connectivity index is 2.54. The molecule has 5 heteroatoms. The van der Waals surface area contributed by atoms with Crippen molar-refractivity contribution in [2.24, 2.45) is 0 Å². The minimum absolute atomic E-state index is 0.616. The normalized spacial score (nSPS) is 9.93. The summed E-state index contributed by atoms with van der Waals surface area (Å²) in [5.41, 5.74) is 1.49. The van der Waals surface area contributed by atoms with E-state index in [1.54, 1.807) is 23.0 Å². The summed E-state index contributed by atoms with van der Waals surface area (Å²) < 4.78 is 3.68. The Morgan fingerprint density at radius 2 is 2.20 bits per heavy atom. The summed E-state index contributed by atoms with van der Waals surface area (Å²) in [6.07, 6.45) is 3.68. The Bertz CT molecular complexity index is 542. The van der Waals surface area contributed by atoms with Crippen molar-refractivity contribution in [3.05, 3.63) is 44.2 Å². The summed E-state index contributed by atoms with van der Waals surface area (Å²) in [6.45, 7) is 0. The largest absolute Gasteiger partial charge is 0.240 e. The van der Waals surface area contributed by atoms with Gasteiger partial charge in [0.05, 0.1) is 27.1 Å². The van der Waals surface area contributed by atoms with Gasteiger partial charge in [0, 0.05) is 10.7 Å². The molecule has 1 heterocycles. The molecule has 1 aromatic carbocycles. The third kappa shape index (κ3) is 2.38. The molecule has 3 nitrogen and oxygen atoms in total. The second-order valence-electron chi connectivity index (χ2n) is 2.91. The Labute approximate surface area is 109 Å².